The Labute approximate surface area is 222 Å². The minimum absolute atomic E-state index is 0.0585. The van der Waals surface area contributed by atoms with Crippen molar-refractivity contribution in [3.63, 3.8) is 0 Å². The molecule has 0 saturated carbocycles. The quantitative estimate of drug-likeness (QED) is 0.294. The number of esters is 2. The molecule has 1 atom stereocenters. The lowest BCUT2D eigenvalue weighted by molar-refractivity contribution is -0.384. The average molecular weight is 546 g/mol. The van der Waals surface area contributed by atoms with Gasteiger partial charge in [0.15, 0.2) is 0 Å². The molecule has 0 radical (unpaired) electrons. The molecule has 1 N–H and O–H groups in total. The summed E-state index contributed by atoms with van der Waals surface area (Å²) >= 11 is 0. The van der Waals surface area contributed by atoms with E-state index in [1.807, 2.05) is 24.3 Å². The Bertz CT molecular complexity index is 1340. The normalized spacial score (nSPS) is 17.5. The van der Waals surface area contributed by atoms with E-state index in [0.29, 0.717) is 19.6 Å². The fraction of sp³-hybridized carbons (Fsp3) is 0.333. The van der Waals surface area contributed by atoms with E-state index in [4.69, 9.17) is 9.47 Å². The summed E-state index contributed by atoms with van der Waals surface area (Å²) in [5, 5.41) is 13.6. The van der Waals surface area contributed by atoms with Crippen molar-refractivity contribution in [2.24, 2.45) is 0 Å². The molecular formula is C27H26F3N3O6. The van der Waals surface area contributed by atoms with Gasteiger partial charge in [0.2, 0.25) is 0 Å². The number of benzene rings is 2. The summed E-state index contributed by atoms with van der Waals surface area (Å²) < 4.78 is 52.7. The number of carbonyl (C=O) groups excluding carboxylic acids is 2. The largest absolute Gasteiger partial charge is 0.463 e. The van der Waals surface area contributed by atoms with Gasteiger partial charge in [-0.15, -0.1) is 0 Å². The number of allylic oxidation sites excluding steroid dienone is 2. The Balaban J connectivity index is 1.66. The summed E-state index contributed by atoms with van der Waals surface area (Å²) in [7, 11) is 0. The predicted octanol–water partition coefficient (Wildman–Crippen LogP) is 4.49. The molecule has 2 heterocycles. The van der Waals surface area contributed by atoms with Crippen LogP contribution in [0.1, 0.15) is 36.5 Å². The molecule has 2 aliphatic heterocycles. The van der Waals surface area contributed by atoms with E-state index in [2.05, 4.69) is 10.2 Å². The van der Waals surface area contributed by atoms with Gasteiger partial charge in [-0.2, -0.15) is 13.2 Å². The van der Waals surface area contributed by atoms with Gasteiger partial charge in [-0.25, -0.2) is 9.59 Å². The van der Waals surface area contributed by atoms with Crippen LogP contribution in [0.5, 0.6) is 0 Å². The second-order valence-electron chi connectivity index (χ2n) is 9.07. The minimum Gasteiger partial charge on any atom is -0.463 e. The van der Waals surface area contributed by atoms with E-state index in [0.717, 1.165) is 23.3 Å². The maximum Gasteiger partial charge on any atom is 0.431 e. The molecule has 0 bridgehead atoms. The van der Waals surface area contributed by atoms with Crippen LogP contribution in [0.15, 0.2) is 71.1 Å². The Morgan fingerprint density at radius 3 is 2.28 bits per heavy atom. The average Bonchev–Trinajstić information content (AvgIpc) is 3.30. The number of dihydropyridines is 1. The van der Waals surface area contributed by atoms with Crippen molar-refractivity contribution in [1.29, 1.82) is 0 Å². The van der Waals surface area contributed by atoms with Crippen molar-refractivity contribution in [1.82, 2.24) is 10.2 Å². The van der Waals surface area contributed by atoms with Crippen LogP contribution in [-0.4, -0.2) is 47.7 Å². The van der Waals surface area contributed by atoms with Crippen molar-refractivity contribution in [3.8, 4) is 0 Å². The summed E-state index contributed by atoms with van der Waals surface area (Å²) in [6.45, 7) is 4.10. The smallest absolute Gasteiger partial charge is 0.431 e. The lowest BCUT2D eigenvalue weighted by atomic mass is 9.80. The van der Waals surface area contributed by atoms with Crippen molar-refractivity contribution < 1.29 is 37.2 Å². The molecule has 0 aromatic heterocycles. The SMILES string of the molecule is CCOC(=O)C1=C(C(F)(F)F)NC(C)=C(C(=O)OCCN2Cc3ccccc3C2)C1c1cccc([N+](=O)[O-])c1. The zero-order valence-corrected chi connectivity index (χ0v) is 21.2. The lowest BCUT2D eigenvalue weighted by Crippen LogP contribution is -2.38. The molecule has 206 valence electrons. The molecule has 9 nitrogen and oxygen atoms in total. The van der Waals surface area contributed by atoms with Crippen LogP contribution in [-0.2, 0) is 32.2 Å². The zero-order valence-electron chi connectivity index (χ0n) is 21.2. The molecule has 12 heteroatoms. The van der Waals surface area contributed by atoms with Gasteiger partial charge in [-0.05, 0) is 30.5 Å². The lowest BCUT2D eigenvalue weighted by Gasteiger charge is -2.32. The fourth-order valence-electron chi connectivity index (χ4n) is 4.81. The number of halogens is 3. The fourth-order valence-corrected chi connectivity index (χ4v) is 4.81. The summed E-state index contributed by atoms with van der Waals surface area (Å²) in [4.78, 5) is 39.0. The van der Waals surface area contributed by atoms with Gasteiger partial charge in [-0.3, -0.25) is 15.0 Å². The number of nitrogens with zero attached hydrogens (tertiary/aromatic N) is 2. The molecule has 0 fully saturated rings. The molecule has 1 unspecified atom stereocenters. The standard InChI is InChI=1S/C27H26F3N3O6/c1-3-38-26(35)23-22(17-9-6-10-20(13-17)33(36)37)21(16(2)31-24(23)27(28,29)30)25(34)39-12-11-32-14-18-7-4-5-8-19(18)15-32/h4-10,13,22,31H,3,11-12,14-15H2,1-2H3. The van der Waals surface area contributed by atoms with E-state index in [-0.39, 0.29) is 30.0 Å². The predicted molar refractivity (Wildman–Crippen MR) is 133 cm³/mol. The van der Waals surface area contributed by atoms with Crippen LogP contribution in [0.4, 0.5) is 18.9 Å². The molecule has 0 saturated heterocycles. The van der Waals surface area contributed by atoms with Gasteiger partial charge in [0.1, 0.15) is 12.3 Å². The van der Waals surface area contributed by atoms with Crippen LogP contribution in [0.25, 0.3) is 0 Å². The number of hydrogen-bond acceptors (Lipinski definition) is 8. The topological polar surface area (TPSA) is 111 Å². The molecule has 4 rings (SSSR count). The highest BCUT2D eigenvalue weighted by atomic mass is 19.4. The number of nitrogens with one attached hydrogen (secondary N) is 1. The number of rotatable bonds is 8. The molecule has 2 aromatic rings. The van der Waals surface area contributed by atoms with Gasteiger partial charge in [0, 0.05) is 37.5 Å². The van der Waals surface area contributed by atoms with Gasteiger partial charge < -0.3 is 14.8 Å². The zero-order chi connectivity index (χ0) is 28.3. The van der Waals surface area contributed by atoms with Crippen molar-refractivity contribution in [2.45, 2.75) is 39.0 Å². The minimum atomic E-state index is -5.01. The third-order valence-corrected chi connectivity index (χ3v) is 6.52. The van der Waals surface area contributed by atoms with Gasteiger partial charge in [0.05, 0.1) is 28.6 Å². The first kappa shape index (κ1) is 27.8. The third-order valence-electron chi connectivity index (χ3n) is 6.52. The second-order valence-corrected chi connectivity index (χ2v) is 9.07. The Hall–Kier alpha value is -4.19. The number of fused-ring (bicyclic) bond motifs is 1. The highest BCUT2D eigenvalue weighted by Gasteiger charge is 2.47. The van der Waals surface area contributed by atoms with Crippen molar-refractivity contribution in [3.05, 3.63) is 97.9 Å². The van der Waals surface area contributed by atoms with E-state index in [1.54, 1.807) is 0 Å². The van der Waals surface area contributed by atoms with E-state index in [1.165, 1.54) is 26.0 Å². The van der Waals surface area contributed by atoms with E-state index >= 15 is 0 Å². The van der Waals surface area contributed by atoms with Crippen LogP contribution in [0.3, 0.4) is 0 Å². The molecular weight excluding hydrogens is 519 g/mol. The van der Waals surface area contributed by atoms with E-state index in [9.17, 15) is 32.9 Å². The van der Waals surface area contributed by atoms with Gasteiger partial charge in [-0.1, -0.05) is 36.4 Å². The number of alkyl halides is 3. The first-order chi connectivity index (χ1) is 18.5. The maximum atomic E-state index is 14.1. The molecule has 39 heavy (non-hydrogen) atoms. The Morgan fingerprint density at radius 2 is 1.69 bits per heavy atom. The van der Waals surface area contributed by atoms with E-state index < -0.39 is 45.9 Å². The number of hydrogen-bond donors (Lipinski definition) is 1. The van der Waals surface area contributed by atoms with Crippen LogP contribution < -0.4 is 5.32 Å². The van der Waals surface area contributed by atoms with Crippen molar-refractivity contribution in [2.75, 3.05) is 19.8 Å². The summed E-state index contributed by atoms with van der Waals surface area (Å²) in [6, 6.07) is 12.7. The van der Waals surface area contributed by atoms with Gasteiger partial charge in [0.25, 0.3) is 5.69 Å². The van der Waals surface area contributed by atoms with Crippen LogP contribution in [0.2, 0.25) is 0 Å². The number of nitro groups is 1. The number of carbonyl (C=O) groups is 2. The van der Waals surface area contributed by atoms with Gasteiger partial charge >= 0.3 is 18.1 Å². The Kier molecular flexibility index (Phi) is 8.05. The molecule has 0 spiro atoms. The highest BCUT2D eigenvalue weighted by molar-refractivity contribution is 6.00. The summed E-state index contributed by atoms with van der Waals surface area (Å²) in [6.07, 6.45) is -5.01. The number of nitro benzene ring substituents is 1. The first-order valence-corrected chi connectivity index (χ1v) is 12.2. The molecule has 0 amide bonds. The Morgan fingerprint density at radius 1 is 1.05 bits per heavy atom. The first-order valence-electron chi connectivity index (χ1n) is 12.2. The summed E-state index contributed by atoms with van der Waals surface area (Å²) in [5.74, 6) is -3.87. The molecule has 0 aliphatic carbocycles. The number of ether oxygens (including phenoxy) is 2. The third kappa shape index (κ3) is 5.95. The highest BCUT2D eigenvalue weighted by Crippen LogP contribution is 2.44. The number of non-ortho nitro benzene ring substituents is 1. The molecule has 2 aliphatic rings. The van der Waals surface area contributed by atoms with Crippen molar-refractivity contribution >= 4 is 17.6 Å². The van der Waals surface area contributed by atoms with Crippen LogP contribution >= 0.6 is 0 Å². The second kappa shape index (κ2) is 11.3. The molecule has 2 aromatic carbocycles. The van der Waals surface area contributed by atoms with Crippen LogP contribution in [0, 0.1) is 10.1 Å². The monoisotopic (exact) mass is 545 g/mol. The maximum absolute atomic E-state index is 14.1. The summed E-state index contributed by atoms with van der Waals surface area (Å²) in [5.41, 5.74) is -0.888.